The van der Waals surface area contributed by atoms with Crippen LogP contribution in [0.15, 0.2) is 0 Å². The van der Waals surface area contributed by atoms with Gasteiger partial charge in [0.25, 0.3) is 0 Å². The number of hydrogen-bond donors (Lipinski definition) is 0. The number of halogens is 2. The van der Waals surface area contributed by atoms with E-state index in [4.69, 9.17) is 12.8 Å². The van der Waals surface area contributed by atoms with Crippen molar-refractivity contribution >= 4 is 43.6 Å². The van der Waals surface area contributed by atoms with Crippen molar-refractivity contribution < 1.29 is 41.7 Å². The van der Waals surface area contributed by atoms with Crippen molar-refractivity contribution in [1.29, 1.82) is 0 Å². The zero-order valence-electron chi connectivity index (χ0n) is 1.96. The van der Waals surface area contributed by atoms with Gasteiger partial charge in [-0.3, -0.25) is 0 Å². The fourth-order valence-electron chi connectivity index (χ4n) is 0. The van der Waals surface area contributed by atoms with E-state index in [0.29, 0.717) is 0 Å². The van der Waals surface area contributed by atoms with Crippen LogP contribution in [0.1, 0.15) is 0 Å². The average molecular weight is 251 g/mol. The molecule has 0 bridgehead atoms. The van der Waals surface area contributed by atoms with Crippen molar-refractivity contribution in [2.45, 2.75) is 0 Å². The van der Waals surface area contributed by atoms with Gasteiger partial charge < -0.3 is 0 Å². The molecule has 0 rings (SSSR count). The predicted octanol–water partition coefficient (Wildman–Crippen LogP) is 0.998. The fraction of sp³-hybridized carbons (Fsp3) is 0. The molecule has 0 N–H and O–H groups in total. The number of hydrogen-bond acceptors (Lipinski definition) is 0. The molecule has 4 heavy (non-hydrogen) atoms. The van der Waals surface area contributed by atoms with Crippen LogP contribution in [0.25, 0.3) is 0 Å². The monoisotopic (exact) mass is 250 g/mol. The van der Waals surface area contributed by atoms with Crippen LogP contribution in [0, 0.1) is 41.7 Å². The van der Waals surface area contributed by atoms with E-state index in [1.54, 1.807) is 0 Å². The summed E-state index contributed by atoms with van der Waals surface area (Å²) in [5.41, 5.74) is 0. The zero-order chi connectivity index (χ0) is 2.71. The Labute approximate surface area is 82.7 Å². The first-order valence-electron chi connectivity index (χ1n) is 0.535. The Kier molecular flexibility index (Phi) is 24.4. The van der Waals surface area contributed by atoms with Crippen molar-refractivity contribution in [2.75, 3.05) is 0 Å². The molecule has 0 radical (unpaired) electrons. The topological polar surface area (TPSA) is 0 Å². The summed E-state index contributed by atoms with van der Waals surface area (Å²) < 4.78 is 0. The summed E-state index contributed by atoms with van der Waals surface area (Å²) in [6.07, 6.45) is 9.90. The van der Waals surface area contributed by atoms with Crippen molar-refractivity contribution in [3.63, 3.8) is 0 Å². The molecule has 4 heteroatoms. The van der Waals surface area contributed by atoms with Gasteiger partial charge in [0, 0.05) is 41.7 Å². The second-order valence-electron chi connectivity index (χ2n) is 0.101. The van der Waals surface area contributed by atoms with E-state index in [1.807, 2.05) is 0 Å². The van der Waals surface area contributed by atoms with Gasteiger partial charge in [-0.25, -0.2) is 0 Å². The minimum atomic E-state index is -0.931. The molecule has 0 aromatic heterocycles. The molecule has 0 aromatic rings. The van der Waals surface area contributed by atoms with E-state index in [0.717, 1.165) is 0 Å². The van der Waals surface area contributed by atoms with Crippen LogP contribution in [-0.2, 0) is 0 Å². The van der Waals surface area contributed by atoms with Gasteiger partial charge in [0.05, 0.1) is 0 Å². The van der Waals surface area contributed by atoms with Gasteiger partial charge in [-0.1, -0.05) is 0 Å². The summed E-state index contributed by atoms with van der Waals surface area (Å²) in [5, 5.41) is 0. The molecular weight excluding hydrogens is 251 g/mol. The molecule has 0 aromatic carbocycles. The van der Waals surface area contributed by atoms with Crippen LogP contribution >= 0.6 is 12.8 Å². The molecule has 0 amide bonds. The minimum absolute atomic E-state index is 0. The average Bonchev–Trinajstić information content (AvgIpc) is 0.918. The van der Waals surface area contributed by atoms with Gasteiger partial charge in [0.2, 0.25) is 0 Å². The molecule has 20 valence electrons. The number of rotatable bonds is 0. The summed E-state index contributed by atoms with van der Waals surface area (Å²) in [5.74, 6) is 0. The Morgan fingerprint density at radius 1 is 1.25 bits per heavy atom. The second-order valence-corrected chi connectivity index (χ2v) is 3.75. The molecule has 0 aliphatic rings. The Morgan fingerprint density at radius 3 is 1.25 bits per heavy atom. The maximum atomic E-state index is 4.95. The van der Waals surface area contributed by atoms with Crippen molar-refractivity contribution in [3.05, 3.63) is 0 Å². The standard InChI is InChI=1S/Ca.Ce.2ClH/h;;2*1H/q+2;;;/p-2. The van der Waals surface area contributed by atoms with Gasteiger partial charge in [-0.05, 0) is 0 Å². The van der Waals surface area contributed by atoms with E-state index in [-0.39, 0.29) is 41.7 Å². The molecule has 0 nitrogen and oxygen atoms in total. The second kappa shape index (κ2) is 9.51. The summed E-state index contributed by atoms with van der Waals surface area (Å²) >= 11 is -0.931. The Bertz CT molecular complexity index is 6.00. The molecule has 0 fully saturated rings. The Balaban J connectivity index is 0. The summed E-state index contributed by atoms with van der Waals surface area (Å²) in [4.78, 5) is 0. The zero-order valence-corrected chi connectivity index (χ0v) is 8.82. The molecular formula is CaCeCl2. The van der Waals surface area contributed by atoms with Crippen LogP contribution < -0.4 is 0 Å². The van der Waals surface area contributed by atoms with Gasteiger partial charge in [0.15, 0.2) is 0 Å². The molecule has 0 unspecified atom stereocenters. The quantitative estimate of drug-likeness (QED) is 0.563. The van der Waals surface area contributed by atoms with Crippen LogP contribution in [0.4, 0.5) is 0 Å². The van der Waals surface area contributed by atoms with Gasteiger partial charge in [-0.15, -0.1) is 0 Å². The molecule has 0 atom stereocenters. The third-order valence-corrected chi connectivity index (χ3v) is 0. The van der Waals surface area contributed by atoms with Gasteiger partial charge in [0.1, 0.15) is 0 Å². The fourth-order valence-corrected chi connectivity index (χ4v) is 0. The van der Waals surface area contributed by atoms with E-state index in [2.05, 4.69) is 0 Å². The van der Waals surface area contributed by atoms with Crippen molar-refractivity contribution in [3.8, 4) is 0 Å². The molecule has 0 heterocycles. The van der Waals surface area contributed by atoms with Gasteiger partial charge in [-0.2, -0.15) is 0 Å². The predicted molar refractivity (Wildman–Crippen MR) is 17.5 cm³/mol. The SMILES string of the molecule is [Ce].[Cl][Ca][Cl]. The first-order chi connectivity index (χ1) is 1.41. The van der Waals surface area contributed by atoms with E-state index < -0.39 is 30.8 Å². The first-order valence-corrected chi connectivity index (χ1v) is 6.61. The van der Waals surface area contributed by atoms with Crippen LogP contribution in [0.2, 0.25) is 0 Å². The summed E-state index contributed by atoms with van der Waals surface area (Å²) in [6, 6.07) is 0. The summed E-state index contributed by atoms with van der Waals surface area (Å²) in [7, 11) is 0. The maximum absolute atomic E-state index is 4.95. The van der Waals surface area contributed by atoms with Gasteiger partial charge >= 0.3 is 43.6 Å². The Hall–Kier alpha value is 3.22. The molecule has 0 saturated carbocycles. The van der Waals surface area contributed by atoms with E-state index >= 15 is 0 Å². The van der Waals surface area contributed by atoms with Crippen molar-refractivity contribution in [2.24, 2.45) is 0 Å². The van der Waals surface area contributed by atoms with Crippen molar-refractivity contribution in [1.82, 2.24) is 0 Å². The van der Waals surface area contributed by atoms with Crippen LogP contribution in [0.3, 0.4) is 0 Å². The molecule has 0 spiro atoms. The van der Waals surface area contributed by atoms with E-state index in [9.17, 15) is 0 Å². The van der Waals surface area contributed by atoms with Crippen LogP contribution in [0.5, 0.6) is 0 Å². The molecule has 0 aliphatic carbocycles. The van der Waals surface area contributed by atoms with E-state index in [1.165, 1.54) is 0 Å². The third kappa shape index (κ3) is 8.96. The Morgan fingerprint density at radius 2 is 1.25 bits per heavy atom. The normalized spacial score (nSPS) is 2.50. The molecule has 0 saturated heterocycles. The first kappa shape index (κ1) is 10.2. The van der Waals surface area contributed by atoms with Crippen LogP contribution in [-0.4, -0.2) is 30.8 Å². The summed E-state index contributed by atoms with van der Waals surface area (Å²) in [6.45, 7) is 0. The third-order valence-electron chi connectivity index (χ3n) is 0. The molecule has 0 aliphatic heterocycles.